The molecule has 1 saturated carbocycles. The van der Waals surface area contributed by atoms with Crippen molar-refractivity contribution in [3.63, 3.8) is 0 Å². The van der Waals surface area contributed by atoms with E-state index in [1.807, 2.05) is 0 Å². The molecule has 1 aliphatic heterocycles. The highest BCUT2D eigenvalue weighted by Gasteiger charge is 2.30. The molecule has 1 aliphatic carbocycles. The molecule has 34 heavy (non-hydrogen) atoms. The molecule has 0 unspecified atom stereocenters. The molecule has 2 fully saturated rings. The second-order valence-electron chi connectivity index (χ2n) is 8.86. The van der Waals surface area contributed by atoms with Crippen LogP contribution in [0.4, 0.5) is 5.69 Å². The Bertz CT molecular complexity index is 993. The Labute approximate surface area is 203 Å². The molecule has 2 N–H and O–H groups in total. The van der Waals surface area contributed by atoms with Crippen LogP contribution >= 0.6 is 11.3 Å². The van der Waals surface area contributed by atoms with Crippen LogP contribution in [0.2, 0.25) is 0 Å². The third-order valence-electron chi connectivity index (χ3n) is 6.50. The first-order valence-electron chi connectivity index (χ1n) is 11.9. The summed E-state index contributed by atoms with van der Waals surface area (Å²) < 4.78 is 5.11. The number of carbonyl (C=O) groups excluding carboxylic acids is 3. The van der Waals surface area contributed by atoms with E-state index >= 15 is 0 Å². The molecule has 0 radical (unpaired) electrons. The first-order chi connectivity index (χ1) is 16.5. The van der Waals surface area contributed by atoms with E-state index in [1.165, 1.54) is 25.7 Å². The molecule has 2 heterocycles. The summed E-state index contributed by atoms with van der Waals surface area (Å²) in [6.07, 6.45) is 8.26. The van der Waals surface area contributed by atoms with E-state index in [2.05, 4.69) is 20.8 Å². The van der Waals surface area contributed by atoms with Crippen molar-refractivity contribution in [2.24, 2.45) is 5.92 Å². The number of aromatic nitrogens is 2. The van der Waals surface area contributed by atoms with Crippen LogP contribution in [0, 0.1) is 5.92 Å². The van der Waals surface area contributed by atoms with E-state index in [9.17, 15) is 14.4 Å². The van der Waals surface area contributed by atoms with Crippen molar-refractivity contribution in [3.05, 3.63) is 34.3 Å². The number of benzene rings is 1. The van der Waals surface area contributed by atoms with Crippen molar-refractivity contribution in [1.29, 1.82) is 0 Å². The van der Waals surface area contributed by atoms with E-state index in [1.54, 1.807) is 36.3 Å². The van der Waals surface area contributed by atoms with Crippen LogP contribution in [0.3, 0.4) is 0 Å². The van der Waals surface area contributed by atoms with Crippen LogP contribution in [0.15, 0.2) is 24.3 Å². The molecule has 4 rings (SSSR count). The van der Waals surface area contributed by atoms with Gasteiger partial charge in [0, 0.05) is 30.7 Å². The minimum absolute atomic E-state index is 0.0624. The van der Waals surface area contributed by atoms with Gasteiger partial charge in [-0.1, -0.05) is 37.0 Å². The Morgan fingerprint density at radius 3 is 2.24 bits per heavy atom. The number of amides is 3. The summed E-state index contributed by atoms with van der Waals surface area (Å²) in [5.41, 5.74) is 0.595. The molecular weight excluding hydrogens is 454 g/mol. The molecule has 1 aromatic heterocycles. The Kier molecular flexibility index (Phi) is 8.10. The summed E-state index contributed by atoms with van der Waals surface area (Å²) in [5.74, 6) is 0.0756. The van der Waals surface area contributed by atoms with E-state index in [4.69, 9.17) is 4.74 Å². The molecular formula is C24H31N5O4S. The average molecular weight is 486 g/mol. The number of anilines is 1. The number of piperidine rings is 1. The van der Waals surface area contributed by atoms with E-state index < -0.39 is 5.91 Å². The third kappa shape index (κ3) is 6.11. The van der Waals surface area contributed by atoms with Gasteiger partial charge in [0.2, 0.25) is 15.9 Å². The van der Waals surface area contributed by atoms with Gasteiger partial charge in [-0.05, 0) is 49.9 Å². The summed E-state index contributed by atoms with van der Waals surface area (Å²) in [6, 6.07) is 7.22. The number of hydrogen-bond acceptors (Lipinski definition) is 7. The summed E-state index contributed by atoms with van der Waals surface area (Å²) in [6.45, 7) is 0.989. The number of ether oxygens (including phenoxy) is 1. The van der Waals surface area contributed by atoms with E-state index in [0.29, 0.717) is 43.4 Å². The van der Waals surface area contributed by atoms with Crippen LogP contribution < -0.4 is 15.4 Å². The maximum absolute atomic E-state index is 12.9. The van der Waals surface area contributed by atoms with Crippen molar-refractivity contribution in [1.82, 2.24) is 20.4 Å². The van der Waals surface area contributed by atoms with Gasteiger partial charge in [-0.25, -0.2) is 0 Å². The van der Waals surface area contributed by atoms with Gasteiger partial charge in [0.05, 0.1) is 7.11 Å². The zero-order valence-corrected chi connectivity index (χ0v) is 20.2. The first kappa shape index (κ1) is 24.1. The monoisotopic (exact) mass is 485 g/mol. The molecule has 9 nitrogen and oxygen atoms in total. The number of likely N-dealkylation sites (tertiary alicyclic amines) is 1. The fourth-order valence-corrected chi connectivity index (χ4v) is 5.19. The number of rotatable bonds is 6. The zero-order chi connectivity index (χ0) is 23.9. The van der Waals surface area contributed by atoms with Crippen LogP contribution in [-0.4, -0.2) is 59.1 Å². The largest absolute Gasteiger partial charge is 0.497 e. The minimum Gasteiger partial charge on any atom is -0.497 e. The summed E-state index contributed by atoms with van der Waals surface area (Å²) >= 11 is 0.973. The van der Waals surface area contributed by atoms with Gasteiger partial charge in [0.15, 0.2) is 0 Å². The van der Waals surface area contributed by atoms with Gasteiger partial charge >= 0.3 is 0 Å². The zero-order valence-electron chi connectivity index (χ0n) is 19.4. The van der Waals surface area contributed by atoms with Gasteiger partial charge in [0.1, 0.15) is 5.75 Å². The molecule has 182 valence electrons. The second-order valence-corrected chi connectivity index (χ2v) is 9.84. The smallest absolute Gasteiger partial charge is 0.286 e. The predicted molar refractivity (Wildman–Crippen MR) is 129 cm³/mol. The van der Waals surface area contributed by atoms with Crippen LogP contribution in [0.5, 0.6) is 5.75 Å². The average Bonchev–Trinajstić information content (AvgIpc) is 3.23. The Morgan fingerprint density at radius 2 is 1.59 bits per heavy atom. The van der Waals surface area contributed by atoms with Crippen molar-refractivity contribution in [2.75, 3.05) is 25.5 Å². The lowest BCUT2D eigenvalue weighted by molar-refractivity contribution is -0.127. The Morgan fingerprint density at radius 1 is 0.941 bits per heavy atom. The molecule has 10 heteroatoms. The van der Waals surface area contributed by atoms with Gasteiger partial charge in [-0.3, -0.25) is 14.4 Å². The van der Waals surface area contributed by atoms with Gasteiger partial charge in [-0.15, -0.1) is 10.2 Å². The lowest BCUT2D eigenvalue weighted by Crippen LogP contribution is -2.45. The highest BCUT2D eigenvalue weighted by Crippen LogP contribution is 2.23. The Hall–Kier alpha value is -3.01. The maximum Gasteiger partial charge on any atom is 0.286 e. The molecule has 1 saturated heterocycles. The van der Waals surface area contributed by atoms with E-state index in [-0.39, 0.29) is 27.7 Å². The Balaban J connectivity index is 1.27. The van der Waals surface area contributed by atoms with Crippen molar-refractivity contribution < 1.29 is 19.1 Å². The SMILES string of the molecule is COc1ccc(NC(=O)c2nnc(C(=O)N3CCC(C(=O)NC4CCCCCC4)CC3)s2)cc1. The minimum atomic E-state index is -0.421. The molecule has 0 bridgehead atoms. The summed E-state index contributed by atoms with van der Waals surface area (Å²) in [7, 11) is 1.57. The molecule has 1 aromatic carbocycles. The van der Waals surface area contributed by atoms with Crippen LogP contribution in [0.1, 0.15) is 71.0 Å². The van der Waals surface area contributed by atoms with Crippen molar-refractivity contribution >= 4 is 34.7 Å². The fraction of sp³-hybridized carbons (Fsp3) is 0.542. The number of nitrogens with one attached hydrogen (secondary N) is 2. The van der Waals surface area contributed by atoms with Gasteiger partial charge in [-0.2, -0.15) is 0 Å². The highest BCUT2D eigenvalue weighted by molar-refractivity contribution is 7.15. The van der Waals surface area contributed by atoms with Crippen LogP contribution in [-0.2, 0) is 4.79 Å². The normalized spacial score (nSPS) is 17.6. The standard InChI is InChI=1S/C24H31N5O4S/c1-33-19-10-8-18(9-11-19)26-21(31)22-27-28-23(34-22)24(32)29-14-12-16(13-15-29)20(30)25-17-6-4-2-3-5-7-17/h8-11,16-17H,2-7,12-15H2,1H3,(H,25,30)(H,26,31). The predicted octanol–water partition coefficient (Wildman–Crippen LogP) is 3.49. The first-order valence-corrected chi connectivity index (χ1v) is 12.7. The van der Waals surface area contributed by atoms with Crippen LogP contribution in [0.25, 0.3) is 0 Å². The molecule has 2 aliphatic rings. The third-order valence-corrected chi connectivity index (χ3v) is 7.41. The van der Waals surface area contributed by atoms with Gasteiger partial charge < -0.3 is 20.3 Å². The topological polar surface area (TPSA) is 114 Å². The number of methoxy groups -OCH3 is 1. The highest BCUT2D eigenvalue weighted by atomic mass is 32.1. The van der Waals surface area contributed by atoms with Gasteiger partial charge in [0.25, 0.3) is 11.8 Å². The molecule has 3 amide bonds. The van der Waals surface area contributed by atoms with Crippen molar-refractivity contribution in [2.45, 2.75) is 57.4 Å². The summed E-state index contributed by atoms with van der Waals surface area (Å²) in [5, 5.41) is 14.1. The number of hydrogen-bond donors (Lipinski definition) is 2. The molecule has 2 aromatic rings. The summed E-state index contributed by atoms with van der Waals surface area (Å²) in [4.78, 5) is 39.8. The fourth-order valence-electron chi connectivity index (χ4n) is 4.48. The lowest BCUT2D eigenvalue weighted by Gasteiger charge is -2.31. The second kappa shape index (κ2) is 11.4. The molecule has 0 spiro atoms. The number of nitrogens with zero attached hydrogens (tertiary/aromatic N) is 3. The quantitative estimate of drug-likeness (QED) is 0.606. The van der Waals surface area contributed by atoms with E-state index in [0.717, 1.165) is 24.2 Å². The lowest BCUT2D eigenvalue weighted by atomic mass is 9.95. The maximum atomic E-state index is 12.9. The molecule has 0 atom stereocenters. The van der Waals surface area contributed by atoms with Crippen molar-refractivity contribution in [3.8, 4) is 5.75 Å². The number of carbonyl (C=O) groups is 3.